The lowest BCUT2D eigenvalue weighted by atomic mass is 9.93. The van der Waals surface area contributed by atoms with Crippen LogP contribution in [0.3, 0.4) is 0 Å². The van der Waals surface area contributed by atoms with Crippen molar-refractivity contribution in [2.24, 2.45) is 5.92 Å². The number of carbonyl (C=O) groups is 1. The van der Waals surface area contributed by atoms with Crippen molar-refractivity contribution in [1.29, 1.82) is 0 Å². The van der Waals surface area contributed by atoms with E-state index in [0.29, 0.717) is 18.2 Å². The van der Waals surface area contributed by atoms with E-state index in [0.717, 1.165) is 26.1 Å². The molecular weight excluding hydrogens is 300 g/mol. The molecule has 0 bridgehead atoms. The third kappa shape index (κ3) is 4.86. The largest absolute Gasteiger partial charge is 0.351 e. The average molecular weight is 324 g/mol. The summed E-state index contributed by atoms with van der Waals surface area (Å²) in [4.78, 5) is 22.4. The quantitative estimate of drug-likeness (QED) is 0.887. The number of nitrogens with one attached hydrogen (secondary N) is 1. The molecule has 2 aromatic rings. The van der Waals surface area contributed by atoms with E-state index in [2.05, 4.69) is 50.5 Å². The third-order valence-electron chi connectivity index (χ3n) is 4.59. The summed E-state index contributed by atoms with van der Waals surface area (Å²) in [5.41, 5.74) is 1.77. The van der Waals surface area contributed by atoms with Crippen molar-refractivity contribution in [3.05, 3.63) is 60.2 Å². The molecule has 1 aliphatic heterocycles. The number of likely N-dealkylation sites (tertiary alicyclic amines) is 1. The van der Waals surface area contributed by atoms with E-state index in [1.807, 2.05) is 0 Å². The highest BCUT2D eigenvalue weighted by Crippen LogP contribution is 2.21. The molecule has 1 N–H and O–H groups in total. The van der Waals surface area contributed by atoms with Gasteiger partial charge in [-0.15, -0.1) is 0 Å². The number of nitrogens with zero attached hydrogens (tertiary/aromatic N) is 3. The van der Waals surface area contributed by atoms with Gasteiger partial charge in [0.2, 0.25) is 0 Å². The number of amides is 1. The predicted octanol–water partition coefficient (Wildman–Crippen LogP) is 2.51. The number of rotatable bonds is 6. The van der Waals surface area contributed by atoms with Crippen molar-refractivity contribution in [3.8, 4) is 0 Å². The topological polar surface area (TPSA) is 58.1 Å². The molecular formula is C19H24N4O. The summed E-state index contributed by atoms with van der Waals surface area (Å²) >= 11 is 0. The van der Waals surface area contributed by atoms with Gasteiger partial charge in [-0.25, -0.2) is 4.98 Å². The summed E-state index contributed by atoms with van der Waals surface area (Å²) in [5, 5.41) is 2.94. The second-order valence-electron chi connectivity index (χ2n) is 6.34. The Morgan fingerprint density at radius 2 is 1.96 bits per heavy atom. The molecule has 5 heteroatoms. The monoisotopic (exact) mass is 324 g/mol. The van der Waals surface area contributed by atoms with Crippen molar-refractivity contribution in [2.75, 3.05) is 19.6 Å². The van der Waals surface area contributed by atoms with E-state index >= 15 is 0 Å². The molecule has 0 saturated carbocycles. The van der Waals surface area contributed by atoms with Gasteiger partial charge in [-0.1, -0.05) is 30.3 Å². The molecule has 1 aliphatic rings. The number of piperidine rings is 1. The number of benzene rings is 1. The van der Waals surface area contributed by atoms with Gasteiger partial charge < -0.3 is 5.32 Å². The Hall–Kier alpha value is -2.27. The molecule has 24 heavy (non-hydrogen) atoms. The van der Waals surface area contributed by atoms with Crippen LogP contribution in [0.25, 0.3) is 0 Å². The molecule has 126 valence electrons. The second kappa shape index (κ2) is 8.55. The van der Waals surface area contributed by atoms with Gasteiger partial charge in [-0.05, 0) is 43.8 Å². The summed E-state index contributed by atoms with van der Waals surface area (Å²) in [6.45, 7) is 4.02. The molecule has 1 aromatic heterocycles. The highest BCUT2D eigenvalue weighted by Gasteiger charge is 2.19. The number of hydrogen-bond donors (Lipinski definition) is 1. The molecule has 0 radical (unpaired) electrons. The lowest BCUT2D eigenvalue weighted by Crippen LogP contribution is -2.35. The van der Waals surface area contributed by atoms with Gasteiger partial charge in [0.05, 0.1) is 6.20 Å². The van der Waals surface area contributed by atoms with E-state index < -0.39 is 0 Å². The first-order chi connectivity index (χ1) is 11.8. The minimum Gasteiger partial charge on any atom is -0.351 e. The van der Waals surface area contributed by atoms with Gasteiger partial charge in [0.25, 0.3) is 5.91 Å². The van der Waals surface area contributed by atoms with E-state index in [-0.39, 0.29) is 5.91 Å². The minimum absolute atomic E-state index is 0.135. The van der Waals surface area contributed by atoms with Crippen molar-refractivity contribution in [2.45, 2.75) is 25.8 Å². The lowest BCUT2D eigenvalue weighted by molar-refractivity contribution is 0.0942. The third-order valence-corrected chi connectivity index (χ3v) is 4.59. The molecule has 0 atom stereocenters. The molecule has 0 aliphatic carbocycles. The second-order valence-corrected chi connectivity index (χ2v) is 6.34. The van der Waals surface area contributed by atoms with Crippen LogP contribution in [0.4, 0.5) is 0 Å². The highest BCUT2D eigenvalue weighted by molar-refractivity contribution is 5.91. The van der Waals surface area contributed by atoms with Crippen molar-refractivity contribution < 1.29 is 4.79 Å². The molecule has 0 unspecified atom stereocenters. The Labute approximate surface area is 143 Å². The van der Waals surface area contributed by atoms with Gasteiger partial charge in [-0.3, -0.25) is 14.7 Å². The zero-order valence-electron chi connectivity index (χ0n) is 13.9. The van der Waals surface area contributed by atoms with Gasteiger partial charge in [0.1, 0.15) is 5.69 Å². The highest BCUT2D eigenvalue weighted by atomic mass is 16.1. The minimum atomic E-state index is -0.135. The van der Waals surface area contributed by atoms with Gasteiger partial charge >= 0.3 is 0 Å². The Balaban J connectivity index is 1.35. The molecule has 1 saturated heterocycles. The molecule has 5 nitrogen and oxygen atoms in total. The van der Waals surface area contributed by atoms with Crippen LogP contribution < -0.4 is 5.32 Å². The average Bonchev–Trinajstić information content (AvgIpc) is 2.65. The molecule has 0 spiro atoms. The van der Waals surface area contributed by atoms with Crippen LogP contribution in [-0.2, 0) is 6.54 Å². The van der Waals surface area contributed by atoms with Gasteiger partial charge in [0.15, 0.2) is 0 Å². The first kappa shape index (κ1) is 16.6. The van der Waals surface area contributed by atoms with Crippen LogP contribution in [-0.4, -0.2) is 40.4 Å². The van der Waals surface area contributed by atoms with Crippen molar-refractivity contribution in [3.63, 3.8) is 0 Å². The first-order valence-corrected chi connectivity index (χ1v) is 8.62. The Bertz CT molecular complexity index is 624. The Morgan fingerprint density at radius 1 is 1.17 bits per heavy atom. The van der Waals surface area contributed by atoms with Crippen LogP contribution in [0.15, 0.2) is 48.9 Å². The Kier molecular flexibility index (Phi) is 5.90. The fourth-order valence-corrected chi connectivity index (χ4v) is 3.17. The maximum absolute atomic E-state index is 11.9. The maximum Gasteiger partial charge on any atom is 0.271 e. The zero-order chi connectivity index (χ0) is 16.6. The molecule has 1 amide bonds. The fraction of sp³-hybridized carbons (Fsp3) is 0.421. The SMILES string of the molecule is O=C(NCCC1CCN(Cc2ccccc2)CC1)c1cnccn1. The molecule has 2 heterocycles. The van der Waals surface area contributed by atoms with Gasteiger partial charge in [-0.2, -0.15) is 0 Å². The normalized spacial score (nSPS) is 16.0. The Morgan fingerprint density at radius 3 is 2.67 bits per heavy atom. The van der Waals surface area contributed by atoms with E-state index in [4.69, 9.17) is 0 Å². The standard InChI is InChI=1S/C19H24N4O/c24-19(18-14-20-10-11-21-18)22-9-6-16-7-12-23(13-8-16)15-17-4-2-1-3-5-17/h1-5,10-11,14,16H,6-9,12-13,15H2,(H,22,24). The lowest BCUT2D eigenvalue weighted by Gasteiger charge is -2.32. The molecule has 3 rings (SSSR count). The van der Waals surface area contributed by atoms with E-state index in [9.17, 15) is 4.79 Å². The first-order valence-electron chi connectivity index (χ1n) is 8.62. The maximum atomic E-state index is 11.9. The number of aromatic nitrogens is 2. The molecule has 1 fully saturated rings. The van der Waals surface area contributed by atoms with Crippen molar-refractivity contribution >= 4 is 5.91 Å². The zero-order valence-corrected chi connectivity index (χ0v) is 13.9. The predicted molar refractivity (Wildman–Crippen MR) is 93.4 cm³/mol. The van der Waals surface area contributed by atoms with E-state index in [1.54, 1.807) is 6.20 Å². The summed E-state index contributed by atoms with van der Waals surface area (Å²) < 4.78 is 0. The van der Waals surface area contributed by atoms with Crippen molar-refractivity contribution in [1.82, 2.24) is 20.2 Å². The summed E-state index contributed by atoms with van der Waals surface area (Å²) in [6.07, 6.45) is 8.04. The van der Waals surface area contributed by atoms with Crippen LogP contribution in [0.2, 0.25) is 0 Å². The van der Waals surface area contributed by atoms with Gasteiger partial charge in [0, 0.05) is 25.5 Å². The summed E-state index contributed by atoms with van der Waals surface area (Å²) in [6, 6.07) is 10.6. The number of hydrogen-bond acceptors (Lipinski definition) is 4. The summed E-state index contributed by atoms with van der Waals surface area (Å²) in [7, 11) is 0. The van der Waals surface area contributed by atoms with E-state index in [1.165, 1.54) is 30.8 Å². The van der Waals surface area contributed by atoms with Crippen LogP contribution in [0.5, 0.6) is 0 Å². The van der Waals surface area contributed by atoms with Crippen LogP contribution in [0.1, 0.15) is 35.3 Å². The fourth-order valence-electron chi connectivity index (χ4n) is 3.17. The molecule has 1 aromatic carbocycles. The summed E-state index contributed by atoms with van der Waals surface area (Å²) in [5.74, 6) is 0.559. The van der Waals surface area contributed by atoms with Crippen LogP contribution in [0, 0.1) is 5.92 Å². The number of carbonyl (C=O) groups excluding carboxylic acids is 1. The van der Waals surface area contributed by atoms with Crippen LogP contribution >= 0.6 is 0 Å². The smallest absolute Gasteiger partial charge is 0.271 e.